The summed E-state index contributed by atoms with van der Waals surface area (Å²) >= 11 is 0. The van der Waals surface area contributed by atoms with Crippen molar-refractivity contribution in [2.24, 2.45) is 0 Å². The molecule has 0 radical (unpaired) electrons. The van der Waals surface area contributed by atoms with Crippen LogP contribution in [0.25, 0.3) is 0 Å². The van der Waals surface area contributed by atoms with Crippen LogP contribution in [-0.4, -0.2) is 16.8 Å². The molecule has 21 heavy (non-hydrogen) atoms. The van der Waals surface area contributed by atoms with E-state index in [-0.39, 0.29) is 11.5 Å². The van der Waals surface area contributed by atoms with E-state index in [1.807, 2.05) is 6.92 Å². The number of aromatic hydroxyl groups is 2. The number of hydrogen-bond donors (Lipinski definition) is 2. The summed E-state index contributed by atoms with van der Waals surface area (Å²) in [4.78, 5) is 0. The van der Waals surface area contributed by atoms with E-state index < -0.39 is 0 Å². The van der Waals surface area contributed by atoms with Crippen LogP contribution in [0.3, 0.4) is 0 Å². The molecule has 3 nitrogen and oxygen atoms in total. The SMILES string of the molecule is CCCOc1c(O)c(O)c(CCC)c(CCC)c1CCC. The maximum absolute atomic E-state index is 10.4. The molecule has 0 aliphatic carbocycles. The Bertz CT molecular complexity index is 453. The van der Waals surface area contributed by atoms with Crippen molar-refractivity contribution in [2.75, 3.05) is 6.61 Å². The summed E-state index contributed by atoms with van der Waals surface area (Å²) in [6.45, 7) is 8.95. The number of rotatable bonds is 9. The largest absolute Gasteiger partial charge is 0.504 e. The highest BCUT2D eigenvalue weighted by Gasteiger charge is 2.23. The topological polar surface area (TPSA) is 49.7 Å². The fourth-order valence-corrected chi connectivity index (χ4v) is 2.80. The van der Waals surface area contributed by atoms with Crippen molar-refractivity contribution in [3.63, 3.8) is 0 Å². The van der Waals surface area contributed by atoms with E-state index in [0.29, 0.717) is 12.4 Å². The third-order valence-electron chi connectivity index (χ3n) is 3.68. The molecule has 1 rings (SSSR count). The fraction of sp³-hybridized carbons (Fsp3) is 0.667. The normalized spacial score (nSPS) is 10.9. The van der Waals surface area contributed by atoms with Crippen LogP contribution in [0.5, 0.6) is 17.2 Å². The van der Waals surface area contributed by atoms with Crippen molar-refractivity contribution in [2.45, 2.75) is 72.6 Å². The first kappa shape index (κ1) is 17.7. The molecule has 0 unspecified atom stereocenters. The summed E-state index contributed by atoms with van der Waals surface area (Å²) in [5.74, 6) is 0.445. The van der Waals surface area contributed by atoms with Crippen LogP contribution < -0.4 is 4.74 Å². The second-order valence-corrected chi connectivity index (χ2v) is 5.56. The van der Waals surface area contributed by atoms with Crippen molar-refractivity contribution in [1.29, 1.82) is 0 Å². The minimum Gasteiger partial charge on any atom is -0.504 e. The van der Waals surface area contributed by atoms with Gasteiger partial charge in [-0.3, -0.25) is 0 Å². The average Bonchev–Trinajstić information content (AvgIpc) is 2.48. The molecule has 0 saturated heterocycles. The lowest BCUT2D eigenvalue weighted by Crippen LogP contribution is -2.07. The van der Waals surface area contributed by atoms with Gasteiger partial charge in [0.25, 0.3) is 0 Å². The van der Waals surface area contributed by atoms with Gasteiger partial charge in [-0.05, 0) is 31.2 Å². The third-order valence-corrected chi connectivity index (χ3v) is 3.68. The van der Waals surface area contributed by atoms with E-state index in [1.54, 1.807) is 0 Å². The summed E-state index contributed by atoms with van der Waals surface area (Å²) in [5, 5.41) is 20.7. The number of hydrogen-bond acceptors (Lipinski definition) is 3. The van der Waals surface area contributed by atoms with E-state index in [4.69, 9.17) is 4.74 Å². The third kappa shape index (κ3) is 4.05. The van der Waals surface area contributed by atoms with Gasteiger partial charge in [-0.25, -0.2) is 0 Å². The first-order chi connectivity index (χ1) is 10.1. The van der Waals surface area contributed by atoms with E-state index in [9.17, 15) is 10.2 Å². The highest BCUT2D eigenvalue weighted by Crippen LogP contribution is 2.45. The van der Waals surface area contributed by atoms with Gasteiger partial charge >= 0.3 is 0 Å². The van der Waals surface area contributed by atoms with E-state index >= 15 is 0 Å². The zero-order chi connectivity index (χ0) is 15.8. The summed E-state index contributed by atoms with van der Waals surface area (Å²) in [6.07, 6.45) is 6.43. The predicted octanol–water partition coefficient (Wildman–Crippen LogP) is 4.74. The molecule has 0 heterocycles. The van der Waals surface area contributed by atoms with Gasteiger partial charge < -0.3 is 14.9 Å². The summed E-state index contributed by atoms with van der Waals surface area (Å²) in [7, 11) is 0. The second-order valence-electron chi connectivity index (χ2n) is 5.56. The van der Waals surface area contributed by atoms with Gasteiger partial charge in [0.1, 0.15) is 0 Å². The standard InChI is InChI=1S/C18H30O3/c1-5-9-13-14(10-6-2)16(19)17(20)18(21-12-8-4)15(13)11-7-3/h19-20H,5-12H2,1-4H3. The fourth-order valence-electron chi connectivity index (χ4n) is 2.80. The molecular formula is C18H30O3. The molecule has 120 valence electrons. The van der Waals surface area contributed by atoms with Crippen LogP contribution >= 0.6 is 0 Å². The van der Waals surface area contributed by atoms with Crippen LogP contribution in [0.1, 0.15) is 70.1 Å². The Morgan fingerprint density at radius 2 is 1.19 bits per heavy atom. The summed E-state index contributed by atoms with van der Waals surface area (Å²) in [6, 6.07) is 0. The summed E-state index contributed by atoms with van der Waals surface area (Å²) < 4.78 is 5.76. The Balaban J connectivity index is 3.47. The highest BCUT2D eigenvalue weighted by molar-refractivity contribution is 5.62. The number of ether oxygens (including phenoxy) is 1. The highest BCUT2D eigenvalue weighted by atomic mass is 16.5. The molecule has 3 heteroatoms. The van der Waals surface area contributed by atoms with Gasteiger partial charge in [0.05, 0.1) is 6.61 Å². The molecule has 0 saturated carbocycles. The van der Waals surface area contributed by atoms with Crippen molar-refractivity contribution in [3.8, 4) is 17.2 Å². The monoisotopic (exact) mass is 294 g/mol. The lowest BCUT2D eigenvalue weighted by Gasteiger charge is -2.21. The predicted molar refractivity (Wildman–Crippen MR) is 87.5 cm³/mol. The molecule has 0 aromatic heterocycles. The Morgan fingerprint density at radius 3 is 1.71 bits per heavy atom. The molecule has 0 aliphatic heterocycles. The van der Waals surface area contributed by atoms with Crippen LogP contribution in [0, 0.1) is 0 Å². The Kier molecular flexibility index (Phi) is 7.41. The molecule has 1 aromatic rings. The van der Waals surface area contributed by atoms with Crippen molar-refractivity contribution < 1.29 is 14.9 Å². The maximum Gasteiger partial charge on any atom is 0.201 e. The quantitative estimate of drug-likeness (QED) is 0.646. The molecule has 0 aliphatic rings. The smallest absolute Gasteiger partial charge is 0.201 e. The van der Waals surface area contributed by atoms with Gasteiger partial charge in [0, 0.05) is 11.1 Å². The Hall–Kier alpha value is -1.38. The van der Waals surface area contributed by atoms with E-state index in [2.05, 4.69) is 20.8 Å². The van der Waals surface area contributed by atoms with Crippen molar-refractivity contribution >= 4 is 0 Å². The maximum atomic E-state index is 10.4. The first-order valence-electron chi connectivity index (χ1n) is 8.33. The van der Waals surface area contributed by atoms with Crippen LogP contribution in [0.2, 0.25) is 0 Å². The number of phenolic OH excluding ortho intramolecular Hbond substituents is 2. The second kappa shape index (κ2) is 8.81. The number of benzene rings is 1. The van der Waals surface area contributed by atoms with Crippen LogP contribution in [0.15, 0.2) is 0 Å². The van der Waals surface area contributed by atoms with Crippen LogP contribution in [-0.2, 0) is 19.3 Å². The zero-order valence-electron chi connectivity index (χ0n) is 14.0. The average molecular weight is 294 g/mol. The lowest BCUT2D eigenvalue weighted by molar-refractivity contribution is 0.288. The minimum atomic E-state index is -0.0739. The number of phenols is 2. The van der Waals surface area contributed by atoms with Gasteiger partial charge in [-0.2, -0.15) is 0 Å². The van der Waals surface area contributed by atoms with Crippen LogP contribution in [0.4, 0.5) is 0 Å². The molecule has 0 fully saturated rings. The molecule has 2 N–H and O–H groups in total. The Morgan fingerprint density at radius 1 is 0.667 bits per heavy atom. The minimum absolute atomic E-state index is 0.0197. The molecule has 0 bridgehead atoms. The van der Waals surface area contributed by atoms with E-state index in [0.717, 1.165) is 56.1 Å². The molecule has 0 spiro atoms. The van der Waals surface area contributed by atoms with Gasteiger partial charge in [0.15, 0.2) is 11.5 Å². The van der Waals surface area contributed by atoms with Gasteiger partial charge in [-0.15, -0.1) is 0 Å². The first-order valence-corrected chi connectivity index (χ1v) is 8.33. The van der Waals surface area contributed by atoms with Gasteiger partial charge in [0.2, 0.25) is 5.75 Å². The molecular weight excluding hydrogens is 264 g/mol. The van der Waals surface area contributed by atoms with Crippen molar-refractivity contribution in [3.05, 3.63) is 16.7 Å². The molecule has 0 atom stereocenters. The Labute approximate surface area is 129 Å². The zero-order valence-corrected chi connectivity index (χ0v) is 14.0. The van der Waals surface area contributed by atoms with E-state index in [1.165, 1.54) is 5.56 Å². The van der Waals surface area contributed by atoms with Gasteiger partial charge in [-0.1, -0.05) is 47.0 Å². The summed E-state index contributed by atoms with van der Waals surface area (Å²) in [5.41, 5.74) is 3.18. The lowest BCUT2D eigenvalue weighted by atomic mass is 9.90. The molecule has 0 amide bonds. The molecule has 1 aromatic carbocycles. The van der Waals surface area contributed by atoms with Crippen molar-refractivity contribution in [1.82, 2.24) is 0 Å².